The molecule has 0 aromatic heterocycles. The molecule has 24 heavy (non-hydrogen) atoms. The molecule has 2 aliphatic heterocycles. The van der Waals surface area contributed by atoms with Crippen LogP contribution in [0.15, 0.2) is 30.3 Å². The highest BCUT2D eigenvalue weighted by molar-refractivity contribution is 5.85. The third kappa shape index (κ3) is 4.78. The van der Waals surface area contributed by atoms with Gasteiger partial charge in [0.15, 0.2) is 0 Å². The zero-order valence-electron chi connectivity index (χ0n) is 14.4. The van der Waals surface area contributed by atoms with Gasteiger partial charge in [-0.2, -0.15) is 0 Å². The Kier molecular flexibility index (Phi) is 8.88. The summed E-state index contributed by atoms with van der Waals surface area (Å²) >= 11 is 0. The van der Waals surface area contributed by atoms with Crippen LogP contribution in [0.1, 0.15) is 26.2 Å². The highest BCUT2D eigenvalue weighted by Crippen LogP contribution is 2.21. The van der Waals surface area contributed by atoms with E-state index in [1.807, 2.05) is 6.07 Å². The quantitative estimate of drug-likeness (QED) is 0.814. The second kappa shape index (κ2) is 10.1. The number of benzene rings is 1. The van der Waals surface area contributed by atoms with E-state index in [1.165, 1.54) is 18.5 Å². The first kappa shape index (κ1) is 21.1. The zero-order chi connectivity index (χ0) is 15.4. The second-order valence-electron chi connectivity index (χ2n) is 6.29. The Balaban J connectivity index is 0.00000144. The van der Waals surface area contributed by atoms with E-state index in [9.17, 15) is 4.79 Å². The van der Waals surface area contributed by atoms with E-state index in [0.29, 0.717) is 5.91 Å². The highest BCUT2D eigenvalue weighted by atomic mass is 35.5. The first-order valence-electron chi connectivity index (χ1n) is 8.62. The lowest BCUT2D eigenvalue weighted by Crippen LogP contribution is -2.56. The van der Waals surface area contributed by atoms with Crippen LogP contribution in [0.4, 0.5) is 5.69 Å². The highest BCUT2D eigenvalue weighted by Gasteiger charge is 2.32. The first-order valence-corrected chi connectivity index (χ1v) is 8.62. The van der Waals surface area contributed by atoms with Crippen LogP contribution in [0.2, 0.25) is 0 Å². The third-order valence-electron chi connectivity index (χ3n) is 5.02. The molecule has 136 valence electrons. The number of piperidine rings is 1. The molecular weight excluding hydrogens is 345 g/mol. The third-order valence-corrected chi connectivity index (χ3v) is 5.02. The van der Waals surface area contributed by atoms with E-state index in [-0.39, 0.29) is 30.9 Å². The van der Waals surface area contributed by atoms with E-state index in [1.54, 1.807) is 0 Å². The van der Waals surface area contributed by atoms with Gasteiger partial charge in [-0.05, 0) is 38.1 Å². The molecule has 1 amide bonds. The Bertz CT molecular complexity index is 492. The molecule has 3 rings (SSSR count). The molecule has 0 unspecified atom stereocenters. The van der Waals surface area contributed by atoms with Crippen molar-refractivity contribution in [3.8, 4) is 0 Å². The van der Waals surface area contributed by atoms with E-state index in [0.717, 1.165) is 45.7 Å². The average Bonchev–Trinajstić information content (AvgIpc) is 2.62. The van der Waals surface area contributed by atoms with E-state index < -0.39 is 0 Å². The van der Waals surface area contributed by atoms with Crippen molar-refractivity contribution >= 4 is 36.4 Å². The molecule has 1 aromatic rings. The number of hydrogen-bond acceptors (Lipinski definition) is 3. The van der Waals surface area contributed by atoms with Gasteiger partial charge >= 0.3 is 0 Å². The van der Waals surface area contributed by atoms with Crippen molar-refractivity contribution in [2.75, 3.05) is 44.2 Å². The summed E-state index contributed by atoms with van der Waals surface area (Å²) < 4.78 is 0. The minimum absolute atomic E-state index is 0. The lowest BCUT2D eigenvalue weighted by atomic mass is 10.0. The summed E-state index contributed by atoms with van der Waals surface area (Å²) in [6.45, 7) is 7.81. The minimum Gasteiger partial charge on any atom is -0.368 e. The molecule has 0 N–H and O–H groups in total. The van der Waals surface area contributed by atoms with Gasteiger partial charge in [-0.1, -0.05) is 31.5 Å². The fourth-order valence-corrected chi connectivity index (χ4v) is 3.68. The number of carbonyl (C=O) groups is 1. The van der Waals surface area contributed by atoms with Gasteiger partial charge in [-0.3, -0.25) is 9.69 Å². The van der Waals surface area contributed by atoms with Crippen molar-refractivity contribution < 1.29 is 4.79 Å². The van der Waals surface area contributed by atoms with Crippen molar-refractivity contribution in [2.24, 2.45) is 0 Å². The smallest absolute Gasteiger partial charge is 0.240 e. The summed E-state index contributed by atoms with van der Waals surface area (Å²) in [5.74, 6) is 0.356. The summed E-state index contributed by atoms with van der Waals surface area (Å²) in [4.78, 5) is 19.6. The molecule has 2 saturated heterocycles. The zero-order valence-corrected chi connectivity index (χ0v) is 16.0. The fraction of sp³-hybridized carbons (Fsp3) is 0.611. The molecule has 0 saturated carbocycles. The SMILES string of the molecule is CCN1CCCC[C@H]1C(=O)N1CCN(c2ccccc2)CC1.Cl.Cl. The van der Waals surface area contributed by atoms with Gasteiger partial charge in [0.1, 0.15) is 0 Å². The van der Waals surface area contributed by atoms with Gasteiger partial charge in [-0.15, -0.1) is 24.8 Å². The number of hydrogen-bond donors (Lipinski definition) is 0. The number of nitrogens with zero attached hydrogens (tertiary/aromatic N) is 3. The number of piperazine rings is 1. The number of rotatable bonds is 3. The van der Waals surface area contributed by atoms with Crippen molar-refractivity contribution in [2.45, 2.75) is 32.2 Å². The van der Waals surface area contributed by atoms with Crippen LogP contribution < -0.4 is 4.90 Å². The van der Waals surface area contributed by atoms with Crippen molar-refractivity contribution in [3.05, 3.63) is 30.3 Å². The maximum absolute atomic E-state index is 12.8. The van der Waals surface area contributed by atoms with Crippen LogP contribution >= 0.6 is 24.8 Å². The molecule has 2 fully saturated rings. The number of likely N-dealkylation sites (tertiary alicyclic amines) is 1. The van der Waals surface area contributed by atoms with Gasteiger partial charge in [-0.25, -0.2) is 0 Å². The van der Waals surface area contributed by atoms with Crippen molar-refractivity contribution in [1.29, 1.82) is 0 Å². The number of para-hydroxylation sites is 1. The Morgan fingerprint density at radius 1 is 1.00 bits per heavy atom. The van der Waals surface area contributed by atoms with Crippen LogP contribution in [0, 0.1) is 0 Å². The van der Waals surface area contributed by atoms with Gasteiger partial charge in [0, 0.05) is 31.9 Å². The van der Waals surface area contributed by atoms with Gasteiger partial charge < -0.3 is 9.80 Å². The normalized spacial score (nSPS) is 21.6. The maximum Gasteiger partial charge on any atom is 0.240 e. The van der Waals surface area contributed by atoms with Crippen LogP contribution in [-0.2, 0) is 4.79 Å². The summed E-state index contributed by atoms with van der Waals surface area (Å²) in [6.07, 6.45) is 3.46. The van der Waals surface area contributed by atoms with E-state index >= 15 is 0 Å². The fourth-order valence-electron chi connectivity index (χ4n) is 3.68. The number of halogens is 2. The van der Waals surface area contributed by atoms with Crippen LogP contribution in [0.3, 0.4) is 0 Å². The number of anilines is 1. The predicted molar refractivity (Wildman–Crippen MR) is 105 cm³/mol. The Morgan fingerprint density at radius 3 is 2.29 bits per heavy atom. The number of likely N-dealkylation sites (N-methyl/N-ethyl adjacent to an activating group) is 1. The van der Waals surface area contributed by atoms with Gasteiger partial charge in [0.25, 0.3) is 0 Å². The van der Waals surface area contributed by atoms with Crippen LogP contribution in [0.5, 0.6) is 0 Å². The molecule has 0 aliphatic carbocycles. The molecule has 4 nitrogen and oxygen atoms in total. The average molecular weight is 374 g/mol. The number of amides is 1. The summed E-state index contributed by atoms with van der Waals surface area (Å²) in [7, 11) is 0. The summed E-state index contributed by atoms with van der Waals surface area (Å²) in [5, 5.41) is 0. The van der Waals surface area contributed by atoms with Crippen LogP contribution in [0.25, 0.3) is 0 Å². The van der Waals surface area contributed by atoms with E-state index in [2.05, 4.69) is 45.9 Å². The Morgan fingerprint density at radius 2 is 1.67 bits per heavy atom. The van der Waals surface area contributed by atoms with Crippen molar-refractivity contribution in [3.63, 3.8) is 0 Å². The van der Waals surface area contributed by atoms with Gasteiger partial charge in [0.05, 0.1) is 6.04 Å². The molecule has 0 spiro atoms. The maximum atomic E-state index is 12.8. The largest absolute Gasteiger partial charge is 0.368 e. The molecule has 2 heterocycles. The number of carbonyl (C=O) groups excluding carboxylic acids is 1. The lowest BCUT2D eigenvalue weighted by molar-refractivity contribution is -0.138. The first-order chi connectivity index (χ1) is 10.8. The molecule has 0 bridgehead atoms. The molecule has 1 aromatic carbocycles. The minimum atomic E-state index is 0. The van der Waals surface area contributed by atoms with E-state index in [4.69, 9.17) is 0 Å². The standard InChI is InChI=1S/C18H27N3O.2ClH/c1-2-19-11-7-6-10-17(19)18(22)21-14-12-20(13-15-21)16-8-4-3-5-9-16;;/h3-5,8-9,17H,2,6-7,10-15H2,1H3;2*1H/t17-;;/m0../s1. The molecule has 1 atom stereocenters. The van der Waals surface area contributed by atoms with Crippen molar-refractivity contribution in [1.82, 2.24) is 9.80 Å². The molecular formula is C18H29Cl2N3O. The second-order valence-corrected chi connectivity index (χ2v) is 6.29. The summed E-state index contributed by atoms with van der Waals surface area (Å²) in [6, 6.07) is 10.6. The Hall–Kier alpha value is -0.970. The summed E-state index contributed by atoms with van der Waals surface area (Å²) in [5.41, 5.74) is 1.27. The Labute approximate surface area is 158 Å². The monoisotopic (exact) mass is 373 g/mol. The molecule has 2 aliphatic rings. The molecule has 6 heteroatoms. The van der Waals surface area contributed by atoms with Gasteiger partial charge in [0.2, 0.25) is 5.91 Å². The molecule has 0 radical (unpaired) electrons. The predicted octanol–water partition coefficient (Wildman–Crippen LogP) is 3.05. The van der Waals surface area contributed by atoms with Crippen LogP contribution in [-0.4, -0.2) is 61.0 Å². The topological polar surface area (TPSA) is 26.8 Å². The lowest BCUT2D eigenvalue weighted by Gasteiger charge is -2.41.